The average Bonchev–Trinajstić information content (AvgIpc) is 3.35. The molecule has 0 saturated carbocycles. The number of aliphatic hydroxyl groups excluding tert-OH is 1. The third-order valence-corrected chi connectivity index (χ3v) is 7.36. The van der Waals surface area contributed by atoms with Crippen LogP contribution in [0, 0.1) is 24.7 Å². The molecule has 0 radical (unpaired) electrons. The molecule has 4 rings (SSSR count). The lowest BCUT2D eigenvalue weighted by molar-refractivity contribution is -0.141. The highest BCUT2D eigenvalue weighted by atomic mass is 32.1. The van der Waals surface area contributed by atoms with Crippen LogP contribution in [0.2, 0.25) is 0 Å². The Kier molecular flexibility index (Phi) is 5.51. The van der Waals surface area contributed by atoms with Gasteiger partial charge in [0.1, 0.15) is 10.0 Å². The number of aliphatic hydroxyl groups is 1. The average molecular weight is 395 g/mol. The molecular formula is C19H30N4O3S. The highest BCUT2D eigenvalue weighted by Crippen LogP contribution is 2.47. The summed E-state index contributed by atoms with van der Waals surface area (Å²) >= 11 is 1.62. The van der Waals surface area contributed by atoms with Crippen molar-refractivity contribution in [3.05, 3.63) is 10.0 Å². The second-order valence-corrected chi connectivity index (χ2v) is 9.50. The summed E-state index contributed by atoms with van der Waals surface area (Å²) in [6.45, 7) is 8.59. The van der Waals surface area contributed by atoms with Gasteiger partial charge < -0.3 is 15.2 Å². The first-order valence-corrected chi connectivity index (χ1v) is 11.0. The van der Waals surface area contributed by atoms with E-state index in [0.717, 1.165) is 42.5 Å². The number of aromatic nitrogens is 2. The first-order valence-electron chi connectivity index (χ1n) is 10.1. The number of aryl methyl sites for hydroxylation is 1. The molecule has 2 bridgehead atoms. The quantitative estimate of drug-likeness (QED) is 0.757. The lowest BCUT2D eigenvalue weighted by Crippen LogP contribution is -2.48. The molecule has 150 valence electrons. The van der Waals surface area contributed by atoms with Gasteiger partial charge in [-0.15, -0.1) is 21.5 Å². The van der Waals surface area contributed by atoms with E-state index in [-0.39, 0.29) is 41.9 Å². The van der Waals surface area contributed by atoms with Crippen LogP contribution in [0.25, 0.3) is 0 Å². The van der Waals surface area contributed by atoms with E-state index < -0.39 is 6.10 Å². The molecule has 4 heterocycles. The maximum absolute atomic E-state index is 12.9. The van der Waals surface area contributed by atoms with Crippen LogP contribution in [-0.4, -0.2) is 63.6 Å². The van der Waals surface area contributed by atoms with Gasteiger partial charge in [-0.3, -0.25) is 9.69 Å². The summed E-state index contributed by atoms with van der Waals surface area (Å²) < 4.78 is 6.15. The van der Waals surface area contributed by atoms with Gasteiger partial charge in [0, 0.05) is 31.0 Å². The van der Waals surface area contributed by atoms with Crippen LogP contribution in [0.1, 0.15) is 43.1 Å². The smallest absolute Gasteiger partial charge is 0.226 e. The summed E-state index contributed by atoms with van der Waals surface area (Å²) in [4.78, 5) is 15.2. The molecule has 1 aromatic rings. The van der Waals surface area contributed by atoms with Gasteiger partial charge in [0.05, 0.1) is 30.8 Å². The van der Waals surface area contributed by atoms with Crippen molar-refractivity contribution in [2.75, 3.05) is 13.1 Å². The summed E-state index contributed by atoms with van der Waals surface area (Å²) in [5, 5.41) is 24.3. The first kappa shape index (κ1) is 19.2. The Labute approximate surface area is 164 Å². The van der Waals surface area contributed by atoms with E-state index in [2.05, 4.69) is 34.3 Å². The predicted octanol–water partition coefficient (Wildman–Crippen LogP) is 1.35. The molecule has 3 aliphatic heterocycles. The number of amides is 1. The van der Waals surface area contributed by atoms with Crippen molar-refractivity contribution in [2.24, 2.45) is 17.8 Å². The van der Waals surface area contributed by atoms with Gasteiger partial charge in [0.25, 0.3) is 0 Å². The third-order valence-electron chi connectivity index (χ3n) is 6.54. The van der Waals surface area contributed by atoms with Crippen molar-refractivity contribution in [2.45, 2.75) is 70.9 Å². The highest BCUT2D eigenvalue weighted by Gasteiger charge is 2.57. The van der Waals surface area contributed by atoms with Gasteiger partial charge >= 0.3 is 0 Å². The normalized spacial score (nSPS) is 35.6. The zero-order valence-electron chi connectivity index (χ0n) is 16.3. The summed E-state index contributed by atoms with van der Waals surface area (Å²) in [6.07, 6.45) is 1.73. The summed E-state index contributed by atoms with van der Waals surface area (Å²) in [5.41, 5.74) is 0. The molecule has 0 aromatic carbocycles. The van der Waals surface area contributed by atoms with E-state index in [0.29, 0.717) is 6.42 Å². The molecular weight excluding hydrogens is 364 g/mol. The molecule has 1 aromatic heterocycles. The van der Waals surface area contributed by atoms with E-state index >= 15 is 0 Å². The first-order chi connectivity index (χ1) is 13.0. The lowest BCUT2D eigenvalue weighted by Gasteiger charge is -2.36. The number of carbonyl (C=O) groups excluding carboxylic acids is 1. The van der Waals surface area contributed by atoms with Crippen LogP contribution < -0.4 is 5.32 Å². The van der Waals surface area contributed by atoms with Crippen LogP contribution in [-0.2, 0) is 16.1 Å². The van der Waals surface area contributed by atoms with Crippen molar-refractivity contribution in [1.29, 1.82) is 0 Å². The molecule has 3 aliphatic rings. The zero-order valence-corrected chi connectivity index (χ0v) is 17.1. The third kappa shape index (κ3) is 3.64. The van der Waals surface area contributed by atoms with Crippen LogP contribution in [0.5, 0.6) is 0 Å². The molecule has 2 N–H and O–H groups in total. The zero-order chi connectivity index (χ0) is 19.1. The second-order valence-electron chi connectivity index (χ2n) is 8.23. The number of likely N-dealkylation sites (tertiary alicyclic amines) is 1. The minimum atomic E-state index is -0.488. The number of nitrogens with zero attached hydrogens (tertiary/aromatic N) is 3. The van der Waals surface area contributed by atoms with Crippen LogP contribution >= 0.6 is 11.3 Å². The fraction of sp³-hybridized carbons (Fsp3) is 0.842. The number of ether oxygens (including phenoxy) is 1. The molecule has 6 atom stereocenters. The van der Waals surface area contributed by atoms with Gasteiger partial charge in [-0.25, -0.2) is 0 Å². The highest BCUT2D eigenvalue weighted by molar-refractivity contribution is 7.11. The number of nitrogens with one attached hydrogen (secondary N) is 1. The van der Waals surface area contributed by atoms with Gasteiger partial charge in [-0.1, -0.05) is 13.8 Å². The Hall–Kier alpha value is -1.09. The molecule has 0 spiro atoms. The van der Waals surface area contributed by atoms with E-state index in [1.54, 1.807) is 11.3 Å². The summed E-state index contributed by atoms with van der Waals surface area (Å²) in [5.74, 6) is 0.324. The Balaban J connectivity index is 1.45. The largest absolute Gasteiger partial charge is 0.390 e. The van der Waals surface area contributed by atoms with Crippen molar-refractivity contribution >= 4 is 17.2 Å². The molecule has 0 aliphatic carbocycles. The number of fused-ring (bicyclic) bond motifs is 4. The molecule has 27 heavy (non-hydrogen) atoms. The molecule has 3 saturated heterocycles. The fourth-order valence-corrected chi connectivity index (χ4v) is 5.81. The topological polar surface area (TPSA) is 87.6 Å². The molecule has 7 nitrogen and oxygen atoms in total. The summed E-state index contributed by atoms with van der Waals surface area (Å²) in [7, 11) is 0. The van der Waals surface area contributed by atoms with Crippen molar-refractivity contribution in [3.8, 4) is 0 Å². The molecule has 1 unspecified atom stereocenters. The van der Waals surface area contributed by atoms with E-state index in [1.807, 2.05) is 6.92 Å². The Bertz CT molecular complexity index is 680. The maximum atomic E-state index is 12.9. The number of rotatable bonds is 6. The summed E-state index contributed by atoms with van der Waals surface area (Å²) in [6, 6.07) is 0.222. The van der Waals surface area contributed by atoms with Gasteiger partial charge in [0.15, 0.2) is 0 Å². The Morgan fingerprint density at radius 2 is 2.07 bits per heavy atom. The van der Waals surface area contributed by atoms with Crippen molar-refractivity contribution in [3.63, 3.8) is 0 Å². The van der Waals surface area contributed by atoms with Gasteiger partial charge in [-0.05, 0) is 26.2 Å². The fourth-order valence-electron chi connectivity index (χ4n) is 5.06. The predicted molar refractivity (Wildman–Crippen MR) is 102 cm³/mol. The van der Waals surface area contributed by atoms with Crippen molar-refractivity contribution in [1.82, 2.24) is 20.4 Å². The lowest BCUT2D eigenvalue weighted by atomic mass is 9.83. The van der Waals surface area contributed by atoms with E-state index in [9.17, 15) is 9.90 Å². The maximum Gasteiger partial charge on any atom is 0.226 e. The molecule has 3 fully saturated rings. The van der Waals surface area contributed by atoms with Crippen LogP contribution in [0.4, 0.5) is 0 Å². The van der Waals surface area contributed by atoms with Gasteiger partial charge in [0.2, 0.25) is 5.91 Å². The SMILES string of the molecule is CCC(CC)NC(=O)C1C[C@@H]2O[C@H]1[C@H]1CN(Cc3nnc(C)s3)C[C@H]1[C@@H]2O. The standard InChI is InChI=1S/C19H30N4O3S/c1-4-11(5-2)20-19(25)12-6-15-17(24)13-7-23(8-14(13)18(12)26-15)9-16-22-21-10(3)27-16/h11-15,17-18,24H,4-9H2,1-3H3,(H,20,25)/t12?,13-,14+,15+,17+,18-/m1/s1. The van der Waals surface area contributed by atoms with Crippen molar-refractivity contribution < 1.29 is 14.6 Å². The second kappa shape index (κ2) is 7.73. The van der Waals surface area contributed by atoms with Crippen LogP contribution in [0.15, 0.2) is 0 Å². The van der Waals surface area contributed by atoms with E-state index in [1.165, 1.54) is 0 Å². The minimum Gasteiger partial charge on any atom is -0.390 e. The van der Waals surface area contributed by atoms with Gasteiger partial charge in [-0.2, -0.15) is 0 Å². The number of carbonyl (C=O) groups is 1. The number of hydrogen-bond acceptors (Lipinski definition) is 7. The Morgan fingerprint density at radius 1 is 1.33 bits per heavy atom. The molecule has 8 heteroatoms. The number of hydrogen-bond donors (Lipinski definition) is 2. The van der Waals surface area contributed by atoms with Crippen LogP contribution in [0.3, 0.4) is 0 Å². The van der Waals surface area contributed by atoms with E-state index in [4.69, 9.17) is 4.74 Å². The minimum absolute atomic E-state index is 0.0843. The Morgan fingerprint density at radius 3 is 2.74 bits per heavy atom. The monoisotopic (exact) mass is 394 g/mol. The molecule has 1 amide bonds.